The monoisotopic (exact) mass is 255 g/mol. The second-order valence-corrected chi connectivity index (χ2v) is 4.71. The van der Waals surface area contributed by atoms with E-state index in [4.69, 9.17) is 10.6 Å². The van der Waals surface area contributed by atoms with Crippen molar-refractivity contribution in [3.05, 3.63) is 53.4 Å². The van der Waals surface area contributed by atoms with Gasteiger partial charge in [-0.15, -0.1) is 0 Å². The van der Waals surface area contributed by atoms with Gasteiger partial charge in [0.2, 0.25) is 0 Å². The van der Waals surface area contributed by atoms with Crippen molar-refractivity contribution in [2.75, 3.05) is 6.61 Å². The number of aryl methyl sites for hydroxylation is 1. The summed E-state index contributed by atoms with van der Waals surface area (Å²) >= 11 is 0. The number of hydrogen-bond acceptors (Lipinski definition) is 4. The topological polar surface area (TPSA) is 60.2 Å². The molecule has 1 unspecified atom stereocenters. The summed E-state index contributed by atoms with van der Waals surface area (Å²) < 4.78 is 5.65. The Morgan fingerprint density at radius 2 is 2.21 bits per heavy atom. The highest BCUT2D eigenvalue weighted by atomic mass is 16.5. The molecule has 0 spiro atoms. The van der Waals surface area contributed by atoms with E-state index in [1.165, 1.54) is 0 Å². The molecule has 0 saturated heterocycles. The third-order valence-corrected chi connectivity index (χ3v) is 3.37. The molecule has 0 aliphatic carbocycles. The molecule has 1 aromatic carbocycles. The molecule has 1 aromatic heterocycles. The fraction of sp³-hybridized carbons (Fsp3) is 0.267. The molecule has 0 bridgehead atoms. The maximum absolute atomic E-state index is 5.73. The van der Waals surface area contributed by atoms with E-state index >= 15 is 0 Å². The van der Waals surface area contributed by atoms with Crippen LogP contribution >= 0.6 is 0 Å². The summed E-state index contributed by atoms with van der Waals surface area (Å²) in [6.07, 6.45) is 3.03. The number of pyridine rings is 1. The van der Waals surface area contributed by atoms with Crippen LogP contribution in [-0.4, -0.2) is 11.6 Å². The predicted molar refractivity (Wildman–Crippen MR) is 75.2 cm³/mol. The molecular formula is C15H17N3O. The largest absolute Gasteiger partial charge is 0.496 e. The molecule has 0 fully saturated rings. The minimum absolute atomic E-state index is 0.117. The number of aromatic nitrogens is 1. The number of nitrogens with zero attached hydrogens (tertiary/aromatic N) is 1. The van der Waals surface area contributed by atoms with Crippen LogP contribution in [0.15, 0.2) is 42.2 Å². The average molecular weight is 255 g/mol. The molecular weight excluding hydrogens is 238 g/mol. The van der Waals surface area contributed by atoms with Crippen LogP contribution in [0.4, 0.5) is 0 Å². The average Bonchev–Trinajstić information content (AvgIpc) is 2.93. The molecule has 3 rings (SSSR count). The number of fused-ring (bicyclic) bond motifs is 1. The van der Waals surface area contributed by atoms with Crippen molar-refractivity contribution in [3.8, 4) is 0 Å². The lowest BCUT2D eigenvalue weighted by Crippen LogP contribution is -2.30. The molecule has 2 aromatic rings. The minimum atomic E-state index is -0.117. The number of nitrogens with two attached hydrogens (primary N) is 1. The van der Waals surface area contributed by atoms with Crippen LogP contribution in [0, 0.1) is 6.92 Å². The zero-order valence-corrected chi connectivity index (χ0v) is 10.9. The van der Waals surface area contributed by atoms with Gasteiger partial charge in [0.15, 0.2) is 0 Å². The molecule has 0 radical (unpaired) electrons. The van der Waals surface area contributed by atoms with Gasteiger partial charge in [0.05, 0.1) is 12.1 Å². The Hall–Kier alpha value is -1.91. The van der Waals surface area contributed by atoms with Crippen LogP contribution in [0.2, 0.25) is 0 Å². The van der Waals surface area contributed by atoms with Gasteiger partial charge in [0.25, 0.3) is 0 Å². The summed E-state index contributed by atoms with van der Waals surface area (Å²) in [6, 6.07) is 10.0. The summed E-state index contributed by atoms with van der Waals surface area (Å²) in [7, 11) is 0. The van der Waals surface area contributed by atoms with Gasteiger partial charge in [0.1, 0.15) is 11.8 Å². The number of rotatable bonds is 3. The second kappa shape index (κ2) is 4.99. The van der Waals surface area contributed by atoms with Gasteiger partial charge in [-0.25, -0.2) is 5.43 Å². The number of benzene rings is 1. The summed E-state index contributed by atoms with van der Waals surface area (Å²) in [4.78, 5) is 4.55. The molecule has 19 heavy (non-hydrogen) atoms. The van der Waals surface area contributed by atoms with E-state index in [-0.39, 0.29) is 6.04 Å². The fourth-order valence-corrected chi connectivity index (χ4v) is 2.54. The zero-order valence-electron chi connectivity index (χ0n) is 10.9. The van der Waals surface area contributed by atoms with Gasteiger partial charge in [-0.1, -0.05) is 18.2 Å². The lowest BCUT2D eigenvalue weighted by molar-refractivity contribution is 0.216. The van der Waals surface area contributed by atoms with Crippen molar-refractivity contribution in [3.63, 3.8) is 0 Å². The molecule has 1 aliphatic rings. The lowest BCUT2D eigenvalue weighted by atomic mass is 9.99. The van der Waals surface area contributed by atoms with E-state index < -0.39 is 0 Å². The number of hydrazine groups is 1. The smallest absolute Gasteiger partial charge is 0.115 e. The van der Waals surface area contributed by atoms with Gasteiger partial charge in [-0.3, -0.25) is 10.8 Å². The van der Waals surface area contributed by atoms with E-state index in [0.29, 0.717) is 0 Å². The minimum Gasteiger partial charge on any atom is -0.496 e. The molecule has 4 nitrogen and oxygen atoms in total. The van der Waals surface area contributed by atoms with E-state index in [0.717, 1.165) is 40.9 Å². The normalized spacial score (nSPS) is 16.2. The SMILES string of the molecule is Cc1cc(C(NN)C2=CCCO2)c2ccccc2n1. The van der Waals surface area contributed by atoms with Crippen molar-refractivity contribution in [2.45, 2.75) is 19.4 Å². The zero-order chi connectivity index (χ0) is 13.2. The number of ether oxygens (including phenoxy) is 1. The van der Waals surface area contributed by atoms with Gasteiger partial charge in [-0.2, -0.15) is 0 Å². The second-order valence-electron chi connectivity index (χ2n) is 4.71. The molecule has 1 atom stereocenters. The third kappa shape index (κ3) is 2.20. The van der Waals surface area contributed by atoms with Crippen LogP contribution in [0.1, 0.15) is 23.7 Å². The highest BCUT2D eigenvalue weighted by molar-refractivity contribution is 5.83. The first-order valence-corrected chi connectivity index (χ1v) is 6.45. The number of para-hydroxylation sites is 1. The number of hydrogen-bond donors (Lipinski definition) is 2. The van der Waals surface area contributed by atoms with E-state index in [1.807, 2.05) is 25.1 Å². The maximum Gasteiger partial charge on any atom is 0.115 e. The van der Waals surface area contributed by atoms with Crippen molar-refractivity contribution < 1.29 is 4.74 Å². The van der Waals surface area contributed by atoms with Crippen molar-refractivity contribution in [2.24, 2.45) is 5.84 Å². The van der Waals surface area contributed by atoms with Crippen molar-refractivity contribution in [1.29, 1.82) is 0 Å². The van der Waals surface area contributed by atoms with Crippen LogP contribution in [0.25, 0.3) is 10.9 Å². The quantitative estimate of drug-likeness (QED) is 0.653. The van der Waals surface area contributed by atoms with Crippen LogP contribution in [0.3, 0.4) is 0 Å². The Labute approximate surface area is 112 Å². The van der Waals surface area contributed by atoms with Crippen LogP contribution in [0.5, 0.6) is 0 Å². The van der Waals surface area contributed by atoms with Crippen molar-refractivity contribution >= 4 is 10.9 Å². The summed E-state index contributed by atoms with van der Waals surface area (Å²) in [5, 5.41) is 1.10. The first kappa shape index (κ1) is 12.1. The van der Waals surface area contributed by atoms with Gasteiger partial charge < -0.3 is 4.74 Å². The molecule has 0 saturated carbocycles. The van der Waals surface area contributed by atoms with Gasteiger partial charge in [0, 0.05) is 17.5 Å². The maximum atomic E-state index is 5.73. The Kier molecular flexibility index (Phi) is 3.19. The highest BCUT2D eigenvalue weighted by Crippen LogP contribution is 2.31. The Balaban J connectivity index is 2.17. The molecule has 3 N–H and O–H groups in total. The lowest BCUT2D eigenvalue weighted by Gasteiger charge is -2.19. The van der Waals surface area contributed by atoms with E-state index in [2.05, 4.69) is 28.6 Å². The van der Waals surface area contributed by atoms with E-state index in [9.17, 15) is 0 Å². The first-order valence-electron chi connectivity index (χ1n) is 6.45. The standard InChI is InChI=1S/C15H17N3O/c1-10-9-12(11-5-2-3-6-13(11)17-10)15(18-16)14-7-4-8-19-14/h2-3,5-7,9,15,18H,4,8,16H2,1H3. The Morgan fingerprint density at radius 3 is 2.95 bits per heavy atom. The van der Waals surface area contributed by atoms with Crippen LogP contribution < -0.4 is 11.3 Å². The van der Waals surface area contributed by atoms with Gasteiger partial charge >= 0.3 is 0 Å². The highest BCUT2D eigenvalue weighted by Gasteiger charge is 2.22. The van der Waals surface area contributed by atoms with Crippen molar-refractivity contribution in [1.82, 2.24) is 10.4 Å². The number of nitrogens with one attached hydrogen (secondary N) is 1. The molecule has 2 heterocycles. The first-order chi connectivity index (χ1) is 9.29. The Bertz CT molecular complexity index is 636. The predicted octanol–water partition coefficient (Wildman–Crippen LogP) is 2.35. The summed E-state index contributed by atoms with van der Waals surface area (Å²) in [5.74, 6) is 6.64. The van der Waals surface area contributed by atoms with Crippen LogP contribution in [-0.2, 0) is 4.74 Å². The molecule has 1 aliphatic heterocycles. The fourth-order valence-electron chi connectivity index (χ4n) is 2.54. The Morgan fingerprint density at radius 1 is 1.37 bits per heavy atom. The molecule has 0 amide bonds. The molecule has 98 valence electrons. The van der Waals surface area contributed by atoms with Gasteiger partial charge in [-0.05, 0) is 30.7 Å². The summed E-state index contributed by atoms with van der Waals surface area (Å²) in [5.41, 5.74) is 5.93. The summed E-state index contributed by atoms with van der Waals surface area (Å²) in [6.45, 7) is 2.73. The van der Waals surface area contributed by atoms with E-state index in [1.54, 1.807) is 0 Å². The third-order valence-electron chi connectivity index (χ3n) is 3.37. The molecule has 4 heteroatoms.